The number of hydrogen-bond donors (Lipinski definition) is 1. The molecule has 25 heavy (non-hydrogen) atoms. The molecule has 0 fully saturated rings. The Morgan fingerprint density at radius 1 is 1.08 bits per heavy atom. The number of methoxy groups -OCH3 is 1. The van der Waals surface area contributed by atoms with Gasteiger partial charge in [-0.3, -0.25) is 0 Å². The Balaban J connectivity index is 1.66. The molecule has 0 radical (unpaired) electrons. The lowest BCUT2D eigenvalue weighted by molar-refractivity contribution is 0.310. The van der Waals surface area contributed by atoms with Crippen molar-refractivity contribution in [3.05, 3.63) is 72.3 Å². The molecule has 0 saturated heterocycles. The molecular weight excluding hydrogens is 314 g/mol. The number of nitrogens with zero attached hydrogens (tertiary/aromatic N) is 2. The third-order valence-electron chi connectivity index (χ3n) is 3.95. The highest BCUT2D eigenvalue weighted by atomic mass is 16.5. The number of hydrogen-bond acceptors (Lipinski definition) is 4. The van der Waals surface area contributed by atoms with Crippen LogP contribution >= 0.6 is 0 Å². The Morgan fingerprint density at radius 2 is 1.96 bits per heavy atom. The van der Waals surface area contributed by atoms with E-state index in [2.05, 4.69) is 34.6 Å². The van der Waals surface area contributed by atoms with Gasteiger partial charge in [0.05, 0.1) is 25.7 Å². The van der Waals surface area contributed by atoms with Crippen LogP contribution in [0.4, 0.5) is 0 Å². The second-order valence-corrected chi connectivity index (χ2v) is 5.62. The van der Waals surface area contributed by atoms with Gasteiger partial charge in [-0.15, -0.1) is 0 Å². The minimum Gasteiger partial charge on any atom is -0.493 e. The van der Waals surface area contributed by atoms with Crippen molar-refractivity contribution in [2.24, 2.45) is 0 Å². The normalized spacial score (nSPS) is 10.6. The van der Waals surface area contributed by atoms with Gasteiger partial charge in [0, 0.05) is 25.5 Å². The maximum absolute atomic E-state index is 5.56. The molecule has 2 aromatic carbocycles. The predicted octanol–water partition coefficient (Wildman–Crippen LogP) is 3.57. The molecule has 0 atom stereocenters. The van der Waals surface area contributed by atoms with E-state index in [1.807, 2.05) is 42.2 Å². The average molecular weight is 337 g/mol. The molecule has 0 aliphatic carbocycles. The van der Waals surface area contributed by atoms with Gasteiger partial charge in [0.25, 0.3) is 0 Å². The lowest BCUT2D eigenvalue weighted by Gasteiger charge is -2.13. The molecule has 0 amide bonds. The third-order valence-corrected chi connectivity index (χ3v) is 3.95. The van der Waals surface area contributed by atoms with Gasteiger partial charge in [-0.2, -0.15) is 0 Å². The molecule has 0 aliphatic rings. The first-order chi connectivity index (χ1) is 12.3. The molecule has 5 nitrogen and oxygen atoms in total. The van der Waals surface area contributed by atoms with E-state index in [4.69, 9.17) is 9.47 Å². The van der Waals surface area contributed by atoms with E-state index in [0.717, 1.165) is 35.8 Å². The summed E-state index contributed by atoms with van der Waals surface area (Å²) in [7, 11) is 1.66. The monoisotopic (exact) mass is 337 g/mol. The third kappa shape index (κ3) is 4.19. The predicted molar refractivity (Wildman–Crippen MR) is 98.3 cm³/mol. The van der Waals surface area contributed by atoms with Crippen molar-refractivity contribution in [1.82, 2.24) is 14.9 Å². The molecule has 130 valence electrons. The van der Waals surface area contributed by atoms with Crippen molar-refractivity contribution in [2.75, 3.05) is 13.7 Å². The van der Waals surface area contributed by atoms with E-state index in [-0.39, 0.29) is 0 Å². The second-order valence-electron chi connectivity index (χ2n) is 5.62. The fourth-order valence-electron chi connectivity index (χ4n) is 2.75. The molecule has 1 aromatic heterocycles. The highest BCUT2D eigenvalue weighted by Crippen LogP contribution is 2.28. The van der Waals surface area contributed by atoms with Gasteiger partial charge in [0.15, 0.2) is 11.5 Å². The zero-order valence-electron chi connectivity index (χ0n) is 14.6. The summed E-state index contributed by atoms with van der Waals surface area (Å²) in [5.74, 6) is 1.54. The summed E-state index contributed by atoms with van der Waals surface area (Å²) < 4.78 is 13.0. The van der Waals surface area contributed by atoms with Gasteiger partial charge < -0.3 is 19.4 Å². The summed E-state index contributed by atoms with van der Waals surface area (Å²) in [5.41, 5.74) is 3.51. The number of imidazole rings is 1. The van der Waals surface area contributed by atoms with Crippen LogP contribution in [0.3, 0.4) is 0 Å². The zero-order chi connectivity index (χ0) is 17.5. The van der Waals surface area contributed by atoms with Crippen molar-refractivity contribution >= 4 is 0 Å². The quantitative estimate of drug-likeness (QED) is 0.683. The standard InChI is InChI=1S/C20H23N3O2/c1-3-25-19-9-8-16(12-20(19)24-2)13-22-14-17-6-4-5-7-18(17)23-11-10-21-15-23/h4-12,15,22H,3,13-14H2,1-2H3. The number of benzene rings is 2. The summed E-state index contributed by atoms with van der Waals surface area (Å²) in [6, 6.07) is 14.3. The maximum Gasteiger partial charge on any atom is 0.161 e. The van der Waals surface area contributed by atoms with E-state index in [0.29, 0.717) is 6.61 Å². The minimum atomic E-state index is 0.624. The first-order valence-electron chi connectivity index (χ1n) is 8.38. The summed E-state index contributed by atoms with van der Waals surface area (Å²) in [6.07, 6.45) is 5.56. The summed E-state index contributed by atoms with van der Waals surface area (Å²) >= 11 is 0. The Kier molecular flexibility index (Phi) is 5.69. The molecule has 0 saturated carbocycles. The Hall–Kier alpha value is -2.79. The van der Waals surface area contributed by atoms with Crippen LogP contribution in [0, 0.1) is 0 Å². The Bertz CT molecular complexity index is 800. The van der Waals surface area contributed by atoms with Crippen LogP contribution in [0.2, 0.25) is 0 Å². The fraction of sp³-hybridized carbons (Fsp3) is 0.250. The SMILES string of the molecule is CCOc1ccc(CNCc2ccccc2-n2ccnc2)cc1OC. The lowest BCUT2D eigenvalue weighted by Crippen LogP contribution is -2.14. The van der Waals surface area contributed by atoms with E-state index < -0.39 is 0 Å². The number of ether oxygens (including phenoxy) is 2. The first-order valence-corrected chi connectivity index (χ1v) is 8.38. The van der Waals surface area contributed by atoms with Crippen LogP contribution in [-0.4, -0.2) is 23.3 Å². The van der Waals surface area contributed by atoms with Gasteiger partial charge in [0.1, 0.15) is 0 Å². The molecule has 0 unspecified atom stereocenters. The summed E-state index contributed by atoms with van der Waals surface area (Å²) in [4.78, 5) is 4.13. The van der Waals surface area contributed by atoms with E-state index >= 15 is 0 Å². The van der Waals surface area contributed by atoms with Crippen molar-refractivity contribution < 1.29 is 9.47 Å². The minimum absolute atomic E-state index is 0.624. The summed E-state index contributed by atoms with van der Waals surface area (Å²) in [6.45, 7) is 4.11. The van der Waals surface area contributed by atoms with Crippen LogP contribution in [0.1, 0.15) is 18.1 Å². The van der Waals surface area contributed by atoms with E-state index in [1.54, 1.807) is 13.3 Å². The van der Waals surface area contributed by atoms with E-state index in [1.165, 1.54) is 5.56 Å². The molecule has 0 aliphatic heterocycles. The van der Waals surface area contributed by atoms with Gasteiger partial charge >= 0.3 is 0 Å². The molecule has 3 rings (SSSR count). The van der Waals surface area contributed by atoms with Crippen molar-refractivity contribution in [3.63, 3.8) is 0 Å². The maximum atomic E-state index is 5.56. The Morgan fingerprint density at radius 3 is 2.72 bits per heavy atom. The molecule has 1 heterocycles. The highest BCUT2D eigenvalue weighted by Gasteiger charge is 2.06. The highest BCUT2D eigenvalue weighted by molar-refractivity contribution is 5.43. The zero-order valence-corrected chi connectivity index (χ0v) is 14.6. The molecule has 3 aromatic rings. The van der Waals surface area contributed by atoms with E-state index in [9.17, 15) is 0 Å². The smallest absolute Gasteiger partial charge is 0.161 e. The van der Waals surface area contributed by atoms with Gasteiger partial charge in [-0.1, -0.05) is 24.3 Å². The van der Waals surface area contributed by atoms with Crippen LogP contribution in [-0.2, 0) is 13.1 Å². The average Bonchev–Trinajstić information content (AvgIpc) is 3.18. The molecule has 5 heteroatoms. The van der Waals surface area contributed by atoms with Crippen LogP contribution in [0.25, 0.3) is 5.69 Å². The molecule has 0 bridgehead atoms. The molecular formula is C20H23N3O2. The first kappa shape index (κ1) is 17.0. The van der Waals surface area contributed by atoms with Gasteiger partial charge in [0.2, 0.25) is 0 Å². The van der Waals surface area contributed by atoms with Crippen molar-refractivity contribution in [3.8, 4) is 17.2 Å². The Labute approximate surface area is 148 Å². The number of aromatic nitrogens is 2. The van der Waals surface area contributed by atoms with Crippen LogP contribution in [0.5, 0.6) is 11.5 Å². The second kappa shape index (κ2) is 8.35. The fourth-order valence-corrected chi connectivity index (χ4v) is 2.75. The molecule has 1 N–H and O–H groups in total. The van der Waals surface area contributed by atoms with Gasteiger partial charge in [-0.25, -0.2) is 4.98 Å². The van der Waals surface area contributed by atoms with Gasteiger partial charge in [-0.05, 0) is 36.2 Å². The molecule has 0 spiro atoms. The van der Waals surface area contributed by atoms with Crippen molar-refractivity contribution in [1.29, 1.82) is 0 Å². The van der Waals surface area contributed by atoms with Crippen molar-refractivity contribution in [2.45, 2.75) is 20.0 Å². The summed E-state index contributed by atoms with van der Waals surface area (Å²) in [5, 5.41) is 3.49. The number of rotatable bonds is 8. The van der Waals surface area contributed by atoms with Crippen LogP contribution in [0.15, 0.2) is 61.2 Å². The van der Waals surface area contributed by atoms with Crippen LogP contribution < -0.4 is 14.8 Å². The number of para-hydroxylation sites is 1. The topological polar surface area (TPSA) is 48.3 Å². The largest absolute Gasteiger partial charge is 0.493 e. The lowest BCUT2D eigenvalue weighted by atomic mass is 10.1. The number of nitrogens with one attached hydrogen (secondary N) is 1.